The highest BCUT2D eigenvalue weighted by molar-refractivity contribution is 7.13. The maximum Gasteiger partial charge on any atom is 0.286 e. The Bertz CT molecular complexity index is 1320. The smallest absolute Gasteiger partial charge is 0.286 e. The average Bonchev–Trinajstić information content (AvgIpc) is 3.32. The summed E-state index contributed by atoms with van der Waals surface area (Å²) in [6.07, 6.45) is 0. The molecule has 0 saturated carbocycles. The zero-order valence-corrected chi connectivity index (χ0v) is 19.1. The van der Waals surface area contributed by atoms with Crippen LogP contribution >= 0.6 is 11.3 Å². The number of halogens is 1. The lowest BCUT2D eigenvalue weighted by Gasteiger charge is -2.08. The van der Waals surface area contributed by atoms with Crippen molar-refractivity contribution in [3.8, 4) is 5.75 Å². The van der Waals surface area contributed by atoms with E-state index in [9.17, 15) is 14.0 Å². The van der Waals surface area contributed by atoms with Gasteiger partial charge in [-0.1, -0.05) is 53.8 Å². The first-order valence-electron chi connectivity index (χ1n) is 10.4. The minimum absolute atomic E-state index is 0.0558. The van der Waals surface area contributed by atoms with Crippen LogP contribution in [0.4, 0.5) is 10.1 Å². The Balaban J connectivity index is 1.34. The van der Waals surface area contributed by atoms with E-state index in [0.717, 1.165) is 22.6 Å². The van der Waals surface area contributed by atoms with Gasteiger partial charge in [0.05, 0.1) is 0 Å². The molecule has 0 fully saturated rings. The van der Waals surface area contributed by atoms with E-state index < -0.39 is 5.91 Å². The molecule has 1 aromatic heterocycles. The van der Waals surface area contributed by atoms with Gasteiger partial charge in [-0.25, -0.2) is 4.39 Å². The summed E-state index contributed by atoms with van der Waals surface area (Å²) in [6, 6.07) is 20.3. The van der Waals surface area contributed by atoms with E-state index in [2.05, 4.69) is 20.8 Å². The van der Waals surface area contributed by atoms with E-state index in [-0.39, 0.29) is 29.9 Å². The fourth-order valence-corrected chi connectivity index (χ4v) is 3.75. The van der Waals surface area contributed by atoms with Crippen LogP contribution in [0.5, 0.6) is 5.75 Å². The summed E-state index contributed by atoms with van der Waals surface area (Å²) >= 11 is 1.13. The number of carbonyl (C=O) groups excluding carboxylic acids is 2. The van der Waals surface area contributed by atoms with Crippen LogP contribution in [0.15, 0.2) is 72.8 Å². The fraction of sp³-hybridized carbons (Fsp3) is 0.120. The molecule has 0 aliphatic carbocycles. The summed E-state index contributed by atoms with van der Waals surface area (Å²) in [5, 5.41) is 14.1. The van der Waals surface area contributed by atoms with Crippen molar-refractivity contribution in [3.05, 3.63) is 105 Å². The molecular weight excluding hydrogens is 455 g/mol. The van der Waals surface area contributed by atoms with Crippen molar-refractivity contribution < 1.29 is 18.7 Å². The van der Waals surface area contributed by atoms with Gasteiger partial charge in [0, 0.05) is 23.4 Å². The minimum Gasteiger partial charge on any atom is -0.486 e. The van der Waals surface area contributed by atoms with Crippen LogP contribution in [0.2, 0.25) is 0 Å². The van der Waals surface area contributed by atoms with E-state index in [1.54, 1.807) is 36.4 Å². The zero-order chi connectivity index (χ0) is 23.9. The molecule has 0 aliphatic heterocycles. The van der Waals surface area contributed by atoms with Crippen LogP contribution in [0, 0.1) is 12.7 Å². The van der Waals surface area contributed by atoms with Crippen molar-refractivity contribution in [1.29, 1.82) is 0 Å². The van der Waals surface area contributed by atoms with Gasteiger partial charge in [-0.05, 0) is 42.8 Å². The third kappa shape index (κ3) is 5.81. The van der Waals surface area contributed by atoms with Crippen LogP contribution in [0.3, 0.4) is 0 Å². The van der Waals surface area contributed by atoms with Gasteiger partial charge in [0.15, 0.2) is 5.01 Å². The Morgan fingerprint density at radius 1 is 0.971 bits per heavy atom. The molecule has 0 radical (unpaired) electrons. The monoisotopic (exact) mass is 476 g/mol. The van der Waals surface area contributed by atoms with Crippen molar-refractivity contribution in [1.82, 2.24) is 15.5 Å². The molecule has 0 unspecified atom stereocenters. The maximum absolute atomic E-state index is 13.7. The first-order valence-corrected chi connectivity index (χ1v) is 11.2. The lowest BCUT2D eigenvalue weighted by Crippen LogP contribution is -2.23. The number of rotatable bonds is 8. The lowest BCUT2D eigenvalue weighted by molar-refractivity contribution is 0.0949. The number of nitrogens with zero attached hydrogens (tertiary/aromatic N) is 2. The summed E-state index contributed by atoms with van der Waals surface area (Å²) in [5.41, 5.74) is 2.15. The second-order valence-electron chi connectivity index (χ2n) is 7.36. The number of carbonyl (C=O) groups is 2. The molecule has 2 N–H and O–H groups in total. The number of amides is 2. The summed E-state index contributed by atoms with van der Waals surface area (Å²) in [5.74, 6) is -0.465. The second-order valence-corrected chi connectivity index (χ2v) is 8.43. The van der Waals surface area contributed by atoms with Crippen molar-refractivity contribution in [2.75, 3.05) is 5.32 Å². The van der Waals surface area contributed by atoms with Gasteiger partial charge < -0.3 is 15.4 Å². The molecule has 0 bridgehead atoms. The molecule has 0 spiro atoms. The summed E-state index contributed by atoms with van der Waals surface area (Å²) in [7, 11) is 0. The average molecular weight is 477 g/mol. The van der Waals surface area contributed by atoms with Gasteiger partial charge >= 0.3 is 0 Å². The normalized spacial score (nSPS) is 10.5. The number of ether oxygens (including phenoxy) is 1. The molecule has 172 valence electrons. The Hall–Kier alpha value is -4.11. The van der Waals surface area contributed by atoms with E-state index >= 15 is 0 Å². The Kier molecular flexibility index (Phi) is 7.24. The van der Waals surface area contributed by atoms with E-state index in [1.165, 1.54) is 12.1 Å². The molecule has 0 atom stereocenters. The van der Waals surface area contributed by atoms with Crippen LogP contribution in [-0.4, -0.2) is 22.0 Å². The molecule has 0 saturated heterocycles. The standard InChI is InChI=1S/C25H21FN4O3S/c1-16-7-2-5-12-21(16)33-15-22-29-30-25(34-22)24(32)28-19-10-6-9-17(13-19)23(31)27-14-18-8-3-4-11-20(18)26/h2-13H,14-15H2,1H3,(H,27,31)(H,28,32). The van der Waals surface area contributed by atoms with Gasteiger partial charge in [0.1, 0.15) is 18.2 Å². The number of anilines is 1. The van der Waals surface area contributed by atoms with E-state index in [4.69, 9.17) is 4.74 Å². The van der Waals surface area contributed by atoms with Crippen LogP contribution in [0.25, 0.3) is 0 Å². The summed E-state index contributed by atoms with van der Waals surface area (Å²) in [4.78, 5) is 25.1. The van der Waals surface area contributed by atoms with Gasteiger partial charge in [0.25, 0.3) is 11.8 Å². The van der Waals surface area contributed by atoms with Crippen LogP contribution < -0.4 is 15.4 Å². The molecule has 1 heterocycles. The minimum atomic E-state index is -0.441. The van der Waals surface area contributed by atoms with Crippen molar-refractivity contribution in [2.24, 2.45) is 0 Å². The summed E-state index contributed by atoms with van der Waals surface area (Å²) < 4.78 is 19.5. The topological polar surface area (TPSA) is 93.2 Å². The number of aromatic nitrogens is 2. The Labute approximate surface area is 199 Å². The second kappa shape index (κ2) is 10.7. The predicted octanol–water partition coefficient (Wildman–Crippen LogP) is 4.75. The molecule has 0 aliphatic rings. The number of para-hydroxylation sites is 1. The van der Waals surface area contributed by atoms with Crippen molar-refractivity contribution in [3.63, 3.8) is 0 Å². The molecule has 4 rings (SSSR count). The van der Waals surface area contributed by atoms with Gasteiger partial charge in [0.2, 0.25) is 5.01 Å². The Morgan fingerprint density at radius 2 is 1.76 bits per heavy atom. The predicted molar refractivity (Wildman–Crippen MR) is 127 cm³/mol. The number of hydrogen-bond donors (Lipinski definition) is 2. The number of aryl methyl sites for hydroxylation is 1. The van der Waals surface area contributed by atoms with E-state index in [1.807, 2.05) is 31.2 Å². The molecule has 4 aromatic rings. The van der Waals surface area contributed by atoms with Gasteiger partial charge in [-0.2, -0.15) is 0 Å². The lowest BCUT2D eigenvalue weighted by atomic mass is 10.1. The Morgan fingerprint density at radius 3 is 2.59 bits per heavy atom. The van der Waals surface area contributed by atoms with Gasteiger partial charge in [-0.3, -0.25) is 9.59 Å². The number of hydrogen-bond acceptors (Lipinski definition) is 6. The number of nitrogens with one attached hydrogen (secondary N) is 2. The van der Waals surface area contributed by atoms with E-state index in [0.29, 0.717) is 21.8 Å². The first kappa shape index (κ1) is 23.1. The van der Waals surface area contributed by atoms with Crippen molar-refractivity contribution >= 4 is 28.8 Å². The highest BCUT2D eigenvalue weighted by Crippen LogP contribution is 2.20. The first-order chi connectivity index (χ1) is 16.5. The molecule has 34 heavy (non-hydrogen) atoms. The number of benzene rings is 3. The fourth-order valence-electron chi connectivity index (χ4n) is 3.10. The van der Waals surface area contributed by atoms with Crippen molar-refractivity contribution in [2.45, 2.75) is 20.1 Å². The molecule has 3 aromatic carbocycles. The quantitative estimate of drug-likeness (QED) is 0.383. The SMILES string of the molecule is Cc1ccccc1OCc1nnc(C(=O)Nc2cccc(C(=O)NCc3ccccc3F)c2)s1. The summed E-state index contributed by atoms with van der Waals surface area (Å²) in [6.45, 7) is 2.20. The third-order valence-electron chi connectivity index (χ3n) is 4.89. The molecule has 9 heteroatoms. The largest absolute Gasteiger partial charge is 0.486 e. The highest BCUT2D eigenvalue weighted by atomic mass is 32.1. The van der Waals surface area contributed by atoms with Gasteiger partial charge in [-0.15, -0.1) is 10.2 Å². The maximum atomic E-state index is 13.7. The molecular formula is C25H21FN4O3S. The molecule has 7 nitrogen and oxygen atoms in total. The van der Waals surface area contributed by atoms with Crippen LogP contribution in [0.1, 0.15) is 36.3 Å². The third-order valence-corrected chi connectivity index (χ3v) is 5.78. The molecule has 2 amide bonds. The zero-order valence-electron chi connectivity index (χ0n) is 18.2. The highest BCUT2D eigenvalue weighted by Gasteiger charge is 2.15. The van der Waals surface area contributed by atoms with Crippen LogP contribution in [-0.2, 0) is 13.2 Å².